The highest BCUT2D eigenvalue weighted by Gasteiger charge is 2.37. The quantitative estimate of drug-likeness (QED) is 0.378. The maximum Gasteiger partial charge on any atom is 0.338 e. The molecule has 0 bridgehead atoms. The van der Waals surface area contributed by atoms with E-state index in [2.05, 4.69) is 0 Å². The first kappa shape index (κ1) is 23.1. The smallest absolute Gasteiger partial charge is 0.338 e. The molecule has 2 aromatic heterocycles. The van der Waals surface area contributed by atoms with Gasteiger partial charge in [0.05, 0.1) is 22.4 Å². The zero-order valence-corrected chi connectivity index (χ0v) is 20.9. The number of furan rings is 1. The van der Waals surface area contributed by atoms with Crippen molar-refractivity contribution in [2.24, 2.45) is 4.99 Å². The fraction of sp³-hybridized carbons (Fsp3) is 0.179. The summed E-state index contributed by atoms with van der Waals surface area (Å²) in [6.07, 6.45) is 1.78. The zero-order chi connectivity index (χ0) is 25.5. The van der Waals surface area contributed by atoms with Crippen molar-refractivity contribution in [3.63, 3.8) is 0 Å². The lowest BCUT2D eigenvalue weighted by molar-refractivity contribution is -0.139. The summed E-state index contributed by atoms with van der Waals surface area (Å²) in [5, 5.41) is 0. The molecular formula is C28H22N2O6S. The van der Waals surface area contributed by atoms with Gasteiger partial charge in [0.1, 0.15) is 17.6 Å². The highest BCUT2D eigenvalue weighted by atomic mass is 32.1. The second-order valence-corrected chi connectivity index (χ2v) is 9.50. The van der Waals surface area contributed by atoms with Crippen molar-refractivity contribution in [3.05, 3.63) is 109 Å². The molecule has 2 aromatic carbocycles. The Morgan fingerprint density at radius 2 is 1.95 bits per heavy atom. The molecule has 2 aliphatic heterocycles. The van der Waals surface area contributed by atoms with Gasteiger partial charge in [-0.2, -0.15) is 0 Å². The molecule has 0 spiro atoms. The van der Waals surface area contributed by atoms with E-state index in [0.717, 1.165) is 11.1 Å². The van der Waals surface area contributed by atoms with E-state index in [0.29, 0.717) is 38.1 Å². The predicted molar refractivity (Wildman–Crippen MR) is 137 cm³/mol. The number of fused-ring (bicyclic) bond motifs is 2. The zero-order valence-electron chi connectivity index (χ0n) is 20.1. The fourth-order valence-corrected chi connectivity index (χ4v) is 5.47. The number of benzene rings is 2. The predicted octanol–water partition coefficient (Wildman–Crippen LogP) is 3.57. The van der Waals surface area contributed by atoms with Crippen LogP contribution in [0.1, 0.15) is 35.6 Å². The Bertz CT molecular complexity index is 1730. The van der Waals surface area contributed by atoms with Crippen LogP contribution in [0, 0.1) is 6.92 Å². The number of aryl methyl sites for hydroxylation is 1. The van der Waals surface area contributed by atoms with Gasteiger partial charge in [-0.1, -0.05) is 47.7 Å². The molecule has 1 unspecified atom stereocenters. The highest BCUT2D eigenvalue weighted by molar-refractivity contribution is 7.07. The monoisotopic (exact) mass is 514 g/mol. The Balaban J connectivity index is 1.61. The van der Waals surface area contributed by atoms with Gasteiger partial charge in [0.2, 0.25) is 6.79 Å². The Kier molecular flexibility index (Phi) is 5.77. The van der Waals surface area contributed by atoms with Crippen LogP contribution in [0.3, 0.4) is 0 Å². The number of hydrogen-bond donors (Lipinski definition) is 0. The number of thiazole rings is 1. The summed E-state index contributed by atoms with van der Waals surface area (Å²) < 4.78 is 24.3. The number of esters is 1. The van der Waals surface area contributed by atoms with Crippen molar-refractivity contribution in [2.75, 3.05) is 13.4 Å². The third-order valence-electron chi connectivity index (χ3n) is 6.10. The summed E-state index contributed by atoms with van der Waals surface area (Å²) in [6.45, 7) is 3.91. The summed E-state index contributed by atoms with van der Waals surface area (Å²) in [6, 6.07) is 17.7. The Labute approximate surface area is 215 Å². The van der Waals surface area contributed by atoms with Crippen molar-refractivity contribution in [3.8, 4) is 11.5 Å². The molecule has 1 atom stereocenters. The van der Waals surface area contributed by atoms with E-state index in [9.17, 15) is 9.59 Å². The first-order valence-electron chi connectivity index (χ1n) is 11.8. The van der Waals surface area contributed by atoms with Gasteiger partial charge in [-0.15, -0.1) is 0 Å². The number of nitrogens with zero attached hydrogens (tertiary/aromatic N) is 2. The molecule has 0 saturated carbocycles. The first-order valence-corrected chi connectivity index (χ1v) is 12.6. The maximum atomic E-state index is 13.8. The SMILES string of the molecule is CCOC(=O)C1=C(c2ccccc2)N=c2sc(=Cc3ccc4c(c3)OCO4)c(=O)n2C1c1ccc(C)o1. The topological polar surface area (TPSA) is 92.3 Å². The highest BCUT2D eigenvalue weighted by Crippen LogP contribution is 2.36. The minimum atomic E-state index is -0.835. The van der Waals surface area contributed by atoms with Crippen LogP contribution in [-0.4, -0.2) is 23.9 Å². The maximum absolute atomic E-state index is 13.8. The summed E-state index contributed by atoms with van der Waals surface area (Å²) in [5.41, 5.74) is 1.95. The Morgan fingerprint density at radius 1 is 1.14 bits per heavy atom. The molecule has 6 rings (SSSR count). The number of rotatable bonds is 5. The van der Waals surface area contributed by atoms with Gasteiger partial charge in [0.25, 0.3) is 5.56 Å². The standard InChI is InChI=1S/C28H22N2O6S/c1-3-33-27(32)23-24(18-7-5-4-6-8-18)29-28-30(25(23)20-11-9-16(2)36-20)26(31)22(37-28)14-17-10-12-19-21(13-17)35-15-34-19/h4-14,25H,3,15H2,1-2H3. The first-order chi connectivity index (χ1) is 18.0. The molecule has 0 amide bonds. The van der Waals surface area contributed by atoms with Crippen LogP contribution >= 0.6 is 11.3 Å². The molecule has 0 aliphatic carbocycles. The summed E-state index contributed by atoms with van der Waals surface area (Å²) in [4.78, 5) is 32.5. The molecule has 186 valence electrons. The second kappa shape index (κ2) is 9.25. The molecule has 4 aromatic rings. The third-order valence-corrected chi connectivity index (χ3v) is 7.08. The number of carbonyl (C=O) groups is 1. The lowest BCUT2D eigenvalue weighted by Gasteiger charge is -2.24. The summed E-state index contributed by atoms with van der Waals surface area (Å²) in [7, 11) is 0. The second-order valence-electron chi connectivity index (χ2n) is 8.49. The average molecular weight is 515 g/mol. The van der Waals surface area contributed by atoms with Crippen molar-refractivity contribution in [1.29, 1.82) is 0 Å². The van der Waals surface area contributed by atoms with E-state index in [1.807, 2.05) is 61.5 Å². The van der Waals surface area contributed by atoms with E-state index in [1.165, 1.54) is 15.9 Å². The number of hydrogen-bond acceptors (Lipinski definition) is 8. The van der Waals surface area contributed by atoms with E-state index < -0.39 is 12.0 Å². The van der Waals surface area contributed by atoms with Crippen LogP contribution in [0.5, 0.6) is 11.5 Å². The van der Waals surface area contributed by atoms with Crippen LogP contribution in [0.15, 0.2) is 80.4 Å². The molecule has 0 fully saturated rings. The minimum absolute atomic E-state index is 0.169. The van der Waals surface area contributed by atoms with Crippen LogP contribution < -0.4 is 24.4 Å². The lowest BCUT2D eigenvalue weighted by atomic mass is 9.97. The molecule has 8 nitrogen and oxygen atoms in total. The molecule has 37 heavy (non-hydrogen) atoms. The number of carbonyl (C=O) groups excluding carboxylic acids is 1. The van der Waals surface area contributed by atoms with Crippen molar-refractivity contribution in [2.45, 2.75) is 19.9 Å². The minimum Gasteiger partial charge on any atom is -0.464 e. The molecule has 4 heterocycles. The molecule has 0 N–H and O–H groups in total. The van der Waals surface area contributed by atoms with E-state index in [-0.39, 0.29) is 24.5 Å². The van der Waals surface area contributed by atoms with Crippen LogP contribution in [0.25, 0.3) is 11.8 Å². The van der Waals surface area contributed by atoms with Gasteiger partial charge >= 0.3 is 5.97 Å². The molecule has 0 saturated heterocycles. The van der Waals surface area contributed by atoms with Crippen LogP contribution in [0.2, 0.25) is 0 Å². The normalized spacial score (nSPS) is 16.5. The van der Waals surface area contributed by atoms with Gasteiger partial charge < -0.3 is 18.6 Å². The van der Waals surface area contributed by atoms with E-state index in [1.54, 1.807) is 19.1 Å². The molecule has 9 heteroatoms. The van der Waals surface area contributed by atoms with Gasteiger partial charge in [-0.25, -0.2) is 9.79 Å². The van der Waals surface area contributed by atoms with E-state index >= 15 is 0 Å². The van der Waals surface area contributed by atoms with Crippen LogP contribution in [-0.2, 0) is 9.53 Å². The Hall–Kier alpha value is -4.37. The summed E-state index contributed by atoms with van der Waals surface area (Å²) >= 11 is 1.25. The lowest BCUT2D eigenvalue weighted by Crippen LogP contribution is -2.39. The van der Waals surface area contributed by atoms with Crippen molar-refractivity contribution < 1.29 is 23.4 Å². The Morgan fingerprint density at radius 3 is 2.70 bits per heavy atom. The van der Waals surface area contributed by atoms with Gasteiger partial charge in [0, 0.05) is 5.56 Å². The van der Waals surface area contributed by atoms with Gasteiger partial charge in [0.15, 0.2) is 16.3 Å². The van der Waals surface area contributed by atoms with Crippen LogP contribution in [0.4, 0.5) is 0 Å². The van der Waals surface area contributed by atoms with Crippen molar-refractivity contribution in [1.82, 2.24) is 4.57 Å². The fourth-order valence-electron chi connectivity index (χ4n) is 4.46. The largest absolute Gasteiger partial charge is 0.464 e. The molecular weight excluding hydrogens is 492 g/mol. The van der Waals surface area contributed by atoms with Gasteiger partial charge in [-0.05, 0) is 49.8 Å². The average Bonchev–Trinajstić information content (AvgIpc) is 3.63. The molecule has 2 aliphatic rings. The summed E-state index contributed by atoms with van der Waals surface area (Å²) in [5.74, 6) is 1.87. The van der Waals surface area contributed by atoms with Gasteiger partial charge in [-0.3, -0.25) is 9.36 Å². The van der Waals surface area contributed by atoms with Crippen molar-refractivity contribution >= 4 is 29.1 Å². The number of ether oxygens (including phenoxy) is 3. The molecule has 0 radical (unpaired) electrons. The van der Waals surface area contributed by atoms with E-state index in [4.69, 9.17) is 23.6 Å². The number of aromatic nitrogens is 1. The third kappa shape index (κ3) is 4.07.